The molecular weight excluding hydrogens is 226 g/mol. The van der Waals surface area contributed by atoms with Crippen LogP contribution in [0, 0.1) is 11.1 Å². The molecule has 1 aromatic rings. The van der Waals surface area contributed by atoms with Crippen LogP contribution in [0.4, 0.5) is 0 Å². The van der Waals surface area contributed by atoms with Gasteiger partial charge in [-0.3, -0.25) is 0 Å². The molecule has 0 radical (unpaired) electrons. The summed E-state index contributed by atoms with van der Waals surface area (Å²) >= 11 is 0. The lowest BCUT2D eigenvalue weighted by atomic mass is 10.0. The van der Waals surface area contributed by atoms with Crippen molar-refractivity contribution in [3.8, 4) is 5.75 Å². The fraction of sp³-hybridized carbons (Fsp3) is 0.533. The normalized spacial score (nSPS) is 14.4. The second kappa shape index (κ2) is 5.89. The van der Waals surface area contributed by atoms with Crippen LogP contribution in [0.15, 0.2) is 24.3 Å². The van der Waals surface area contributed by atoms with E-state index >= 15 is 0 Å². The quantitative estimate of drug-likeness (QED) is 0.355. The van der Waals surface area contributed by atoms with Crippen LogP contribution in [-0.4, -0.2) is 23.6 Å². The van der Waals surface area contributed by atoms with E-state index < -0.39 is 0 Å². The molecule has 0 spiro atoms. The highest BCUT2D eigenvalue weighted by Gasteiger charge is 2.19. The number of ether oxygens (including phenoxy) is 1. The standard InChI is InChI=1S/C15H23NO2/c1-12(11-16(17)15(2,3)4)10-13-6-8-14(18-5)9-7-13/h6-9,11-12H,10H2,1-5H3. The van der Waals surface area contributed by atoms with Crippen LogP contribution in [0.5, 0.6) is 5.75 Å². The van der Waals surface area contributed by atoms with Crippen molar-refractivity contribution >= 4 is 6.21 Å². The number of hydroxylamine groups is 1. The summed E-state index contributed by atoms with van der Waals surface area (Å²) in [4.78, 5) is 0. The Kier molecular flexibility index (Phi) is 4.76. The Morgan fingerprint density at radius 1 is 1.28 bits per heavy atom. The first-order valence-corrected chi connectivity index (χ1v) is 6.27. The van der Waals surface area contributed by atoms with Crippen molar-refractivity contribution in [2.75, 3.05) is 7.11 Å². The van der Waals surface area contributed by atoms with Crippen molar-refractivity contribution in [1.82, 2.24) is 0 Å². The first-order chi connectivity index (χ1) is 8.32. The number of benzene rings is 1. The molecule has 18 heavy (non-hydrogen) atoms. The lowest BCUT2D eigenvalue weighted by Gasteiger charge is -2.20. The molecule has 0 bridgehead atoms. The molecule has 0 amide bonds. The predicted octanol–water partition coefficient (Wildman–Crippen LogP) is 3.25. The van der Waals surface area contributed by atoms with Gasteiger partial charge in [0.15, 0.2) is 11.8 Å². The maximum atomic E-state index is 11.8. The maximum Gasteiger partial charge on any atom is 0.164 e. The van der Waals surface area contributed by atoms with Crippen molar-refractivity contribution in [1.29, 1.82) is 0 Å². The highest BCUT2D eigenvalue weighted by Crippen LogP contribution is 2.14. The molecule has 1 atom stereocenters. The first kappa shape index (κ1) is 14.6. The van der Waals surface area contributed by atoms with Crippen LogP contribution in [0.1, 0.15) is 33.3 Å². The minimum absolute atomic E-state index is 0.218. The molecule has 3 heteroatoms. The summed E-state index contributed by atoms with van der Waals surface area (Å²) in [6.45, 7) is 7.80. The van der Waals surface area contributed by atoms with Crippen molar-refractivity contribution in [3.63, 3.8) is 0 Å². The zero-order valence-corrected chi connectivity index (χ0v) is 11.9. The molecule has 1 unspecified atom stereocenters. The predicted molar refractivity (Wildman–Crippen MR) is 75.3 cm³/mol. The van der Waals surface area contributed by atoms with Gasteiger partial charge in [-0.25, -0.2) is 4.74 Å². The molecule has 0 aliphatic carbocycles. The number of hydrogen-bond donors (Lipinski definition) is 0. The van der Waals surface area contributed by atoms with Crippen LogP contribution in [-0.2, 0) is 6.42 Å². The fourth-order valence-corrected chi connectivity index (χ4v) is 1.64. The summed E-state index contributed by atoms with van der Waals surface area (Å²) in [5.74, 6) is 1.07. The molecule has 3 nitrogen and oxygen atoms in total. The van der Waals surface area contributed by atoms with Crippen LogP contribution in [0.2, 0.25) is 0 Å². The van der Waals surface area contributed by atoms with Crippen molar-refractivity contribution < 1.29 is 9.48 Å². The molecule has 0 saturated carbocycles. The topological polar surface area (TPSA) is 35.3 Å². The van der Waals surface area contributed by atoms with Gasteiger partial charge in [-0.2, -0.15) is 0 Å². The van der Waals surface area contributed by atoms with Crippen LogP contribution in [0.25, 0.3) is 0 Å². The van der Waals surface area contributed by atoms with Gasteiger partial charge < -0.3 is 9.94 Å². The maximum absolute atomic E-state index is 11.8. The molecule has 0 saturated heterocycles. The van der Waals surface area contributed by atoms with E-state index in [-0.39, 0.29) is 11.5 Å². The summed E-state index contributed by atoms with van der Waals surface area (Å²) in [5.41, 5.74) is 0.843. The zero-order valence-electron chi connectivity index (χ0n) is 11.9. The van der Waals surface area contributed by atoms with Gasteiger partial charge in [-0.1, -0.05) is 19.1 Å². The molecule has 100 valence electrons. The van der Waals surface area contributed by atoms with Gasteiger partial charge >= 0.3 is 0 Å². The van der Waals surface area contributed by atoms with Crippen molar-refractivity contribution in [2.45, 2.75) is 39.7 Å². The van der Waals surface area contributed by atoms with Crippen molar-refractivity contribution in [2.24, 2.45) is 5.92 Å². The summed E-state index contributed by atoms with van der Waals surface area (Å²) in [5, 5.41) is 11.8. The second-order valence-electron chi connectivity index (χ2n) is 5.68. The number of methoxy groups -OCH3 is 1. The summed E-state index contributed by atoms with van der Waals surface area (Å²) in [6, 6.07) is 7.96. The Labute approximate surface area is 110 Å². The van der Waals surface area contributed by atoms with Gasteiger partial charge in [-0.15, -0.1) is 0 Å². The second-order valence-corrected chi connectivity index (χ2v) is 5.68. The largest absolute Gasteiger partial charge is 0.624 e. The number of hydrogen-bond acceptors (Lipinski definition) is 2. The van der Waals surface area contributed by atoms with Crippen LogP contribution < -0.4 is 4.74 Å². The molecule has 0 aliphatic heterocycles. The van der Waals surface area contributed by atoms with Gasteiger partial charge in [-0.05, 0) is 24.1 Å². The lowest BCUT2D eigenvalue weighted by molar-refractivity contribution is -0.533. The van der Waals surface area contributed by atoms with Crippen LogP contribution >= 0.6 is 0 Å². The minimum atomic E-state index is -0.367. The number of rotatable bonds is 4. The molecule has 0 fully saturated rings. The summed E-state index contributed by atoms with van der Waals surface area (Å²) < 4.78 is 6.16. The SMILES string of the molecule is COc1ccc(CC(C)C=[N+]([O-])C(C)(C)C)cc1. The Morgan fingerprint density at radius 3 is 2.28 bits per heavy atom. The van der Waals surface area contributed by atoms with Gasteiger partial charge in [0.25, 0.3) is 0 Å². The third-order valence-corrected chi connectivity index (χ3v) is 2.77. The minimum Gasteiger partial charge on any atom is -0.624 e. The van der Waals surface area contributed by atoms with E-state index in [1.54, 1.807) is 13.3 Å². The molecule has 0 heterocycles. The van der Waals surface area contributed by atoms with Crippen molar-refractivity contribution in [3.05, 3.63) is 35.0 Å². The van der Waals surface area contributed by atoms with Gasteiger partial charge in [0.2, 0.25) is 0 Å². The Hall–Kier alpha value is -1.51. The Morgan fingerprint density at radius 2 is 1.83 bits per heavy atom. The molecule has 1 rings (SSSR count). The van der Waals surface area contributed by atoms with E-state index in [9.17, 15) is 5.21 Å². The molecule has 0 aromatic heterocycles. The first-order valence-electron chi connectivity index (χ1n) is 6.27. The summed E-state index contributed by atoms with van der Waals surface area (Å²) in [7, 11) is 1.66. The molecular formula is C15H23NO2. The molecule has 1 aromatic carbocycles. The number of nitrogens with zero attached hydrogens (tertiary/aromatic N) is 1. The average molecular weight is 249 g/mol. The van der Waals surface area contributed by atoms with E-state index in [0.717, 1.165) is 16.9 Å². The summed E-state index contributed by atoms with van der Waals surface area (Å²) in [6.07, 6.45) is 2.61. The molecule has 0 N–H and O–H groups in total. The van der Waals surface area contributed by atoms with Crippen LogP contribution in [0.3, 0.4) is 0 Å². The molecule has 0 aliphatic rings. The Bertz CT molecular complexity index is 401. The van der Waals surface area contributed by atoms with Gasteiger partial charge in [0, 0.05) is 26.7 Å². The highest BCUT2D eigenvalue weighted by molar-refractivity contribution is 5.55. The van der Waals surface area contributed by atoms with Gasteiger partial charge in [0.1, 0.15) is 5.75 Å². The van der Waals surface area contributed by atoms with Gasteiger partial charge in [0.05, 0.1) is 7.11 Å². The third-order valence-electron chi connectivity index (χ3n) is 2.77. The van der Waals surface area contributed by atoms with E-state index in [4.69, 9.17) is 4.74 Å². The smallest absolute Gasteiger partial charge is 0.164 e. The van der Waals surface area contributed by atoms with E-state index in [0.29, 0.717) is 0 Å². The highest BCUT2D eigenvalue weighted by atomic mass is 16.5. The Balaban J connectivity index is 2.67. The zero-order chi connectivity index (χ0) is 13.8. The third kappa shape index (κ3) is 4.40. The van der Waals surface area contributed by atoms with E-state index in [1.165, 1.54) is 5.56 Å². The van der Waals surface area contributed by atoms with E-state index in [1.807, 2.05) is 45.0 Å². The fourth-order valence-electron chi connectivity index (χ4n) is 1.64. The van der Waals surface area contributed by atoms with E-state index in [2.05, 4.69) is 6.92 Å². The monoisotopic (exact) mass is 249 g/mol. The average Bonchev–Trinajstić information content (AvgIpc) is 2.28. The lowest BCUT2D eigenvalue weighted by Crippen LogP contribution is -2.30.